The molecule has 1 aromatic carbocycles. The number of rotatable bonds is 2. The van der Waals surface area contributed by atoms with Gasteiger partial charge in [-0.3, -0.25) is 9.59 Å². The molecular formula is C16H20N2O2. The summed E-state index contributed by atoms with van der Waals surface area (Å²) in [6.07, 6.45) is 3.36. The van der Waals surface area contributed by atoms with E-state index in [-0.39, 0.29) is 17.2 Å². The van der Waals surface area contributed by atoms with Crippen LogP contribution >= 0.6 is 0 Å². The average Bonchev–Trinajstić information content (AvgIpc) is 2.63. The zero-order chi connectivity index (χ0) is 14.0. The second-order valence-corrected chi connectivity index (χ2v) is 5.69. The fourth-order valence-electron chi connectivity index (χ4n) is 3.19. The quantitative estimate of drug-likeness (QED) is 0.886. The number of carbonyl (C=O) groups excluding carboxylic acids is 2. The van der Waals surface area contributed by atoms with Gasteiger partial charge in [0.2, 0.25) is 11.8 Å². The van der Waals surface area contributed by atoms with Gasteiger partial charge in [-0.05, 0) is 18.4 Å². The molecule has 1 heterocycles. The fourth-order valence-corrected chi connectivity index (χ4v) is 3.19. The molecule has 0 aromatic heterocycles. The summed E-state index contributed by atoms with van der Waals surface area (Å²) >= 11 is 0. The molecule has 1 aliphatic heterocycles. The van der Waals surface area contributed by atoms with Gasteiger partial charge in [0.15, 0.2) is 0 Å². The Bertz CT molecular complexity index is 508. The first kappa shape index (κ1) is 13.2. The first-order valence-electron chi connectivity index (χ1n) is 7.34. The van der Waals surface area contributed by atoms with Gasteiger partial charge >= 0.3 is 0 Å². The minimum absolute atomic E-state index is 0.0441. The molecule has 2 amide bonds. The number of nitrogens with one attached hydrogen (secondary N) is 1. The summed E-state index contributed by atoms with van der Waals surface area (Å²) in [5, 5.41) is 2.82. The van der Waals surface area contributed by atoms with Crippen LogP contribution in [0.5, 0.6) is 0 Å². The molecule has 3 rings (SSSR count). The number of hydrogen-bond acceptors (Lipinski definition) is 2. The van der Waals surface area contributed by atoms with Gasteiger partial charge in [-0.2, -0.15) is 0 Å². The third kappa shape index (κ3) is 2.19. The lowest BCUT2D eigenvalue weighted by Crippen LogP contribution is -2.51. The molecule has 106 valence electrons. The first-order chi connectivity index (χ1) is 9.72. The van der Waals surface area contributed by atoms with E-state index in [0.29, 0.717) is 26.1 Å². The highest BCUT2D eigenvalue weighted by atomic mass is 16.2. The lowest BCUT2D eigenvalue weighted by Gasteiger charge is -2.43. The van der Waals surface area contributed by atoms with E-state index in [1.807, 2.05) is 23.1 Å². The minimum Gasteiger partial charge on any atom is -0.354 e. The first-order valence-corrected chi connectivity index (χ1v) is 7.34. The molecule has 0 bridgehead atoms. The fraction of sp³-hybridized carbons (Fsp3) is 0.500. The molecule has 0 unspecified atom stereocenters. The Hall–Kier alpha value is -1.84. The highest BCUT2D eigenvalue weighted by Crippen LogP contribution is 2.45. The lowest BCUT2D eigenvalue weighted by molar-refractivity contribution is -0.140. The van der Waals surface area contributed by atoms with Crippen LogP contribution in [0.15, 0.2) is 30.3 Å². The van der Waals surface area contributed by atoms with Gasteiger partial charge in [0.1, 0.15) is 0 Å². The summed E-state index contributed by atoms with van der Waals surface area (Å²) in [5.41, 5.74) is 0.786. The Labute approximate surface area is 119 Å². The molecule has 0 atom stereocenters. The van der Waals surface area contributed by atoms with Crippen LogP contribution in [0.2, 0.25) is 0 Å². The average molecular weight is 272 g/mol. The van der Waals surface area contributed by atoms with Gasteiger partial charge in [0, 0.05) is 26.1 Å². The predicted molar refractivity (Wildman–Crippen MR) is 76.2 cm³/mol. The summed E-state index contributed by atoms with van der Waals surface area (Å²) in [5.74, 6) is 0.245. The van der Waals surface area contributed by atoms with Crippen molar-refractivity contribution in [1.82, 2.24) is 10.2 Å². The van der Waals surface area contributed by atoms with Gasteiger partial charge in [0.25, 0.3) is 0 Å². The molecule has 0 radical (unpaired) electrons. The van der Waals surface area contributed by atoms with Crippen LogP contribution in [-0.4, -0.2) is 36.3 Å². The van der Waals surface area contributed by atoms with Crippen molar-refractivity contribution < 1.29 is 9.59 Å². The van der Waals surface area contributed by atoms with Crippen LogP contribution in [0.1, 0.15) is 31.2 Å². The van der Waals surface area contributed by atoms with Crippen LogP contribution in [0.25, 0.3) is 0 Å². The Morgan fingerprint density at radius 1 is 1.15 bits per heavy atom. The SMILES string of the molecule is O=C1CCN(C(=O)C2(c3ccccc3)CCC2)CCN1. The normalized spacial score (nSPS) is 21.6. The molecule has 1 saturated heterocycles. The van der Waals surface area contributed by atoms with Crippen molar-refractivity contribution >= 4 is 11.8 Å². The Balaban J connectivity index is 1.82. The van der Waals surface area contributed by atoms with E-state index in [4.69, 9.17) is 0 Å². The maximum Gasteiger partial charge on any atom is 0.233 e. The number of nitrogens with zero attached hydrogens (tertiary/aromatic N) is 1. The van der Waals surface area contributed by atoms with E-state index in [1.54, 1.807) is 0 Å². The summed E-state index contributed by atoms with van der Waals surface area (Å²) in [6, 6.07) is 10.1. The summed E-state index contributed by atoms with van der Waals surface area (Å²) < 4.78 is 0. The van der Waals surface area contributed by atoms with Crippen molar-refractivity contribution in [2.24, 2.45) is 0 Å². The minimum atomic E-state index is -0.339. The smallest absolute Gasteiger partial charge is 0.233 e. The van der Waals surface area contributed by atoms with Crippen LogP contribution < -0.4 is 5.32 Å². The third-order valence-electron chi connectivity index (χ3n) is 4.54. The van der Waals surface area contributed by atoms with E-state index in [9.17, 15) is 9.59 Å². The Morgan fingerprint density at radius 3 is 2.55 bits per heavy atom. The third-order valence-corrected chi connectivity index (χ3v) is 4.54. The largest absolute Gasteiger partial charge is 0.354 e. The molecule has 1 N–H and O–H groups in total. The van der Waals surface area contributed by atoms with Crippen molar-refractivity contribution in [1.29, 1.82) is 0 Å². The standard InChI is InChI=1S/C16H20N2O2/c19-14-7-11-18(12-10-17-14)15(20)16(8-4-9-16)13-5-2-1-3-6-13/h1-3,5-6H,4,7-12H2,(H,17,19). The second-order valence-electron chi connectivity index (χ2n) is 5.69. The molecule has 4 nitrogen and oxygen atoms in total. The van der Waals surface area contributed by atoms with Crippen LogP contribution in [-0.2, 0) is 15.0 Å². The summed E-state index contributed by atoms with van der Waals surface area (Å²) in [4.78, 5) is 26.2. The number of benzene rings is 1. The van der Waals surface area contributed by atoms with E-state index in [0.717, 1.165) is 24.8 Å². The van der Waals surface area contributed by atoms with Gasteiger partial charge in [0.05, 0.1) is 5.41 Å². The number of amides is 2. The number of carbonyl (C=O) groups is 2. The van der Waals surface area contributed by atoms with E-state index in [2.05, 4.69) is 17.4 Å². The lowest BCUT2D eigenvalue weighted by atomic mass is 9.63. The molecule has 20 heavy (non-hydrogen) atoms. The van der Waals surface area contributed by atoms with E-state index >= 15 is 0 Å². The number of hydrogen-bond donors (Lipinski definition) is 1. The molecular weight excluding hydrogens is 252 g/mol. The second kappa shape index (κ2) is 5.27. The molecule has 2 aliphatic rings. The molecule has 2 fully saturated rings. The summed E-state index contributed by atoms with van der Waals surface area (Å²) in [7, 11) is 0. The molecule has 1 aliphatic carbocycles. The zero-order valence-corrected chi connectivity index (χ0v) is 11.6. The van der Waals surface area contributed by atoms with Gasteiger partial charge in [-0.15, -0.1) is 0 Å². The summed E-state index contributed by atoms with van der Waals surface area (Å²) in [6.45, 7) is 1.73. The topological polar surface area (TPSA) is 49.4 Å². The molecule has 1 saturated carbocycles. The highest BCUT2D eigenvalue weighted by Gasteiger charge is 2.47. The van der Waals surface area contributed by atoms with Crippen molar-refractivity contribution in [3.05, 3.63) is 35.9 Å². The van der Waals surface area contributed by atoms with Gasteiger partial charge in [-0.25, -0.2) is 0 Å². The van der Waals surface area contributed by atoms with Crippen molar-refractivity contribution in [3.8, 4) is 0 Å². The van der Waals surface area contributed by atoms with Crippen LogP contribution in [0.3, 0.4) is 0 Å². The van der Waals surface area contributed by atoms with Crippen molar-refractivity contribution in [3.63, 3.8) is 0 Å². The highest BCUT2D eigenvalue weighted by molar-refractivity contribution is 5.90. The van der Waals surface area contributed by atoms with E-state index < -0.39 is 0 Å². The van der Waals surface area contributed by atoms with Crippen molar-refractivity contribution in [2.75, 3.05) is 19.6 Å². The monoisotopic (exact) mass is 272 g/mol. The van der Waals surface area contributed by atoms with Crippen molar-refractivity contribution in [2.45, 2.75) is 31.1 Å². The Morgan fingerprint density at radius 2 is 1.90 bits per heavy atom. The molecule has 1 aromatic rings. The Kier molecular flexibility index (Phi) is 3.47. The maximum atomic E-state index is 12.9. The van der Waals surface area contributed by atoms with Crippen LogP contribution in [0, 0.1) is 0 Å². The maximum absolute atomic E-state index is 12.9. The predicted octanol–water partition coefficient (Wildman–Crippen LogP) is 1.46. The van der Waals surface area contributed by atoms with Crippen LogP contribution in [0.4, 0.5) is 0 Å². The van der Waals surface area contributed by atoms with E-state index in [1.165, 1.54) is 0 Å². The zero-order valence-electron chi connectivity index (χ0n) is 11.6. The molecule has 0 spiro atoms. The van der Waals surface area contributed by atoms with Gasteiger partial charge in [-0.1, -0.05) is 36.8 Å². The molecule has 4 heteroatoms. The van der Waals surface area contributed by atoms with Gasteiger partial charge < -0.3 is 10.2 Å².